The van der Waals surface area contributed by atoms with E-state index in [-0.39, 0.29) is 16.7 Å². The third-order valence-corrected chi connectivity index (χ3v) is 7.07. The van der Waals surface area contributed by atoms with Gasteiger partial charge >= 0.3 is 5.97 Å². The van der Waals surface area contributed by atoms with Crippen LogP contribution in [0.15, 0.2) is 47.4 Å². The molecule has 1 aliphatic carbocycles. The molecule has 3 rings (SSSR count). The van der Waals surface area contributed by atoms with Crippen molar-refractivity contribution in [1.29, 1.82) is 0 Å². The Morgan fingerprint density at radius 1 is 1.04 bits per heavy atom. The van der Waals surface area contributed by atoms with Crippen molar-refractivity contribution >= 4 is 26.6 Å². The molecule has 0 amide bonds. The highest BCUT2D eigenvalue weighted by molar-refractivity contribution is 7.92. The number of rotatable bonds is 4. The van der Waals surface area contributed by atoms with Gasteiger partial charge in [0.25, 0.3) is 0 Å². The molecule has 0 heterocycles. The van der Waals surface area contributed by atoms with E-state index in [9.17, 15) is 13.2 Å². The number of carboxylic acid groups (broad SMARTS) is 1. The average Bonchev–Trinajstić information content (AvgIpc) is 2.60. The molecule has 6 heteroatoms. The summed E-state index contributed by atoms with van der Waals surface area (Å²) >= 11 is 0. The van der Waals surface area contributed by atoms with Gasteiger partial charge in [-0.1, -0.05) is 36.4 Å². The van der Waals surface area contributed by atoms with E-state index in [1.807, 2.05) is 24.3 Å². The van der Waals surface area contributed by atoms with Crippen molar-refractivity contribution in [3.05, 3.63) is 42.5 Å². The van der Waals surface area contributed by atoms with Crippen LogP contribution in [-0.2, 0) is 14.6 Å². The van der Waals surface area contributed by atoms with Crippen LogP contribution in [0.2, 0.25) is 0 Å². The molecule has 3 N–H and O–H groups in total. The molecule has 0 aliphatic heterocycles. The van der Waals surface area contributed by atoms with E-state index in [0.29, 0.717) is 31.1 Å². The number of hydrogen-bond donors (Lipinski definition) is 2. The van der Waals surface area contributed by atoms with Crippen LogP contribution < -0.4 is 5.73 Å². The number of hydrogen-bond acceptors (Lipinski definition) is 4. The fourth-order valence-electron chi connectivity index (χ4n) is 3.54. The van der Waals surface area contributed by atoms with E-state index in [2.05, 4.69) is 0 Å². The van der Waals surface area contributed by atoms with Crippen LogP contribution in [0, 0.1) is 11.8 Å². The number of aliphatic carboxylic acids is 1. The van der Waals surface area contributed by atoms with E-state index < -0.39 is 21.2 Å². The minimum atomic E-state index is -3.67. The molecule has 0 radical (unpaired) electrons. The molecular formula is C18H21NO4S. The zero-order chi connectivity index (χ0) is 17.3. The van der Waals surface area contributed by atoms with Crippen LogP contribution in [-0.4, -0.2) is 24.9 Å². The minimum absolute atomic E-state index is 0.204. The van der Waals surface area contributed by atoms with Gasteiger partial charge in [0.1, 0.15) is 5.37 Å². The Morgan fingerprint density at radius 2 is 1.67 bits per heavy atom. The van der Waals surface area contributed by atoms with Crippen molar-refractivity contribution in [2.24, 2.45) is 17.6 Å². The van der Waals surface area contributed by atoms with Crippen molar-refractivity contribution in [3.63, 3.8) is 0 Å². The molecule has 1 fully saturated rings. The summed E-state index contributed by atoms with van der Waals surface area (Å²) in [5.41, 5.74) is 6.14. The van der Waals surface area contributed by atoms with E-state index in [1.165, 1.54) is 0 Å². The molecule has 2 aromatic carbocycles. The maximum Gasteiger partial charge on any atom is 0.306 e. The van der Waals surface area contributed by atoms with Crippen LogP contribution in [0.25, 0.3) is 10.8 Å². The van der Waals surface area contributed by atoms with Crippen molar-refractivity contribution in [2.75, 3.05) is 0 Å². The molecule has 5 nitrogen and oxygen atoms in total. The SMILES string of the molecule is NC(C1CCC(C(=O)O)CC1)S(=O)(=O)c1cccc2ccccc12. The fourth-order valence-corrected chi connectivity index (χ4v) is 5.37. The maximum absolute atomic E-state index is 13.0. The summed E-state index contributed by atoms with van der Waals surface area (Å²) in [6.45, 7) is 0. The molecule has 1 unspecified atom stereocenters. The Kier molecular flexibility index (Phi) is 4.60. The molecular weight excluding hydrogens is 326 g/mol. The largest absolute Gasteiger partial charge is 0.481 e. The smallest absolute Gasteiger partial charge is 0.306 e. The summed E-state index contributed by atoms with van der Waals surface area (Å²) in [4.78, 5) is 11.3. The molecule has 1 aliphatic rings. The Morgan fingerprint density at radius 3 is 2.33 bits per heavy atom. The Bertz CT molecular complexity index is 849. The minimum Gasteiger partial charge on any atom is -0.481 e. The number of sulfone groups is 1. The van der Waals surface area contributed by atoms with Gasteiger partial charge in [0.05, 0.1) is 10.8 Å². The van der Waals surface area contributed by atoms with Crippen molar-refractivity contribution < 1.29 is 18.3 Å². The second-order valence-electron chi connectivity index (χ2n) is 6.44. The van der Waals surface area contributed by atoms with Crippen molar-refractivity contribution in [2.45, 2.75) is 36.0 Å². The highest BCUT2D eigenvalue weighted by Crippen LogP contribution is 2.35. The van der Waals surface area contributed by atoms with E-state index >= 15 is 0 Å². The summed E-state index contributed by atoms with van der Waals surface area (Å²) in [6.07, 6.45) is 2.03. The highest BCUT2D eigenvalue weighted by Gasteiger charge is 2.36. The number of carbonyl (C=O) groups is 1. The van der Waals surface area contributed by atoms with Gasteiger partial charge in [0, 0.05) is 5.39 Å². The van der Waals surface area contributed by atoms with Crippen LogP contribution in [0.1, 0.15) is 25.7 Å². The topological polar surface area (TPSA) is 97.5 Å². The number of carboxylic acids is 1. The Balaban J connectivity index is 1.89. The molecule has 0 bridgehead atoms. The average molecular weight is 347 g/mol. The molecule has 1 atom stereocenters. The van der Waals surface area contributed by atoms with Gasteiger partial charge in [-0.05, 0) is 43.1 Å². The molecule has 1 saturated carbocycles. The van der Waals surface area contributed by atoms with Gasteiger partial charge in [-0.2, -0.15) is 0 Å². The Hall–Kier alpha value is -1.92. The van der Waals surface area contributed by atoms with Crippen LogP contribution in [0.5, 0.6) is 0 Å². The third kappa shape index (κ3) is 3.03. The predicted molar refractivity (Wildman–Crippen MR) is 92.2 cm³/mol. The highest BCUT2D eigenvalue weighted by atomic mass is 32.2. The standard InChI is InChI=1S/C18H21NO4S/c19-17(13-8-10-14(11-9-13)18(20)21)24(22,23)16-7-3-5-12-4-1-2-6-15(12)16/h1-7,13-14,17H,8-11,19H2,(H,20,21). The lowest BCUT2D eigenvalue weighted by molar-refractivity contribution is -0.143. The van der Waals surface area contributed by atoms with Gasteiger partial charge in [0.2, 0.25) is 0 Å². The third-order valence-electron chi connectivity index (χ3n) is 5.00. The lowest BCUT2D eigenvalue weighted by Gasteiger charge is -2.30. The zero-order valence-electron chi connectivity index (χ0n) is 13.3. The van der Waals surface area contributed by atoms with Gasteiger partial charge in [-0.3, -0.25) is 4.79 Å². The molecule has 0 spiro atoms. The second kappa shape index (κ2) is 6.53. The van der Waals surface area contributed by atoms with E-state index in [1.54, 1.807) is 18.2 Å². The quantitative estimate of drug-likeness (QED) is 0.886. The lowest BCUT2D eigenvalue weighted by Crippen LogP contribution is -2.40. The summed E-state index contributed by atoms with van der Waals surface area (Å²) in [7, 11) is -3.67. The number of nitrogens with two attached hydrogens (primary N) is 1. The summed E-state index contributed by atoms with van der Waals surface area (Å²) < 4.78 is 26.0. The first-order valence-corrected chi connectivity index (χ1v) is 9.66. The molecule has 24 heavy (non-hydrogen) atoms. The molecule has 128 valence electrons. The number of fused-ring (bicyclic) bond motifs is 1. The van der Waals surface area contributed by atoms with Gasteiger partial charge in [-0.25, -0.2) is 8.42 Å². The molecule has 2 aromatic rings. The van der Waals surface area contributed by atoms with E-state index in [4.69, 9.17) is 10.8 Å². The monoisotopic (exact) mass is 347 g/mol. The van der Waals surface area contributed by atoms with Crippen LogP contribution in [0.4, 0.5) is 0 Å². The first-order valence-electron chi connectivity index (χ1n) is 8.11. The second-order valence-corrected chi connectivity index (χ2v) is 8.51. The molecule has 0 aromatic heterocycles. The first-order chi connectivity index (χ1) is 11.4. The lowest BCUT2D eigenvalue weighted by atomic mass is 9.82. The van der Waals surface area contributed by atoms with Crippen LogP contribution in [0.3, 0.4) is 0 Å². The first kappa shape index (κ1) is 16.9. The summed E-state index contributed by atoms with van der Waals surface area (Å²) in [5, 5.41) is 9.61. The predicted octanol–water partition coefficient (Wildman–Crippen LogP) is 2.79. The zero-order valence-corrected chi connectivity index (χ0v) is 14.1. The Labute approximate surface area is 141 Å². The number of benzene rings is 2. The van der Waals surface area contributed by atoms with Gasteiger partial charge in [-0.15, -0.1) is 0 Å². The van der Waals surface area contributed by atoms with Crippen molar-refractivity contribution in [3.8, 4) is 0 Å². The van der Waals surface area contributed by atoms with Crippen molar-refractivity contribution in [1.82, 2.24) is 0 Å². The summed E-state index contributed by atoms with van der Waals surface area (Å²) in [5.74, 6) is -1.39. The van der Waals surface area contributed by atoms with Gasteiger partial charge < -0.3 is 10.8 Å². The molecule has 0 saturated heterocycles. The maximum atomic E-state index is 13.0. The van der Waals surface area contributed by atoms with Gasteiger partial charge in [0.15, 0.2) is 9.84 Å². The normalized spacial score (nSPS) is 23.0. The van der Waals surface area contributed by atoms with E-state index in [0.717, 1.165) is 5.39 Å². The summed E-state index contributed by atoms with van der Waals surface area (Å²) in [6, 6.07) is 12.5. The fraction of sp³-hybridized carbons (Fsp3) is 0.389. The van der Waals surface area contributed by atoms with Crippen LogP contribution >= 0.6 is 0 Å².